The van der Waals surface area contributed by atoms with Crippen molar-refractivity contribution < 1.29 is 19.4 Å². The maximum Gasteiger partial charge on any atom is 0.329 e. The molecule has 0 saturated heterocycles. The summed E-state index contributed by atoms with van der Waals surface area (Å²) < 4.78 is 0. The van der Waals surface area contributed by atoms with E-state index in [1.54, 1.807) is 24.3 Å². The van der Waals surface area contributed by atoms with Gasteiger partial charge in [0.2, 0.25) is 0 Å². The van der Waals surface area contributed by atoms with Crippen molar-refractivity contribution in [2.75, 3.05) is 26.2 Å². The van der Waals surface area contributed by atoms with Gasteiger partial charge in [-0.3, -0.25) is 9.80 Å². The quantitative estimate of drug-likeness (QED) is 0.280. The van der Waals surface area contributed by atoms with E-state index in [0.717, 1.165) is 19.3 Å². The van der Waals surface area contributed by atoms with Crippen molar-refractivity contribution in [2.24, 2.45) is 5.92 Å². The lowest BCUT2D eigenvalue weighted by molar-refractivity contribution is -0.819. The summed E-state index contributed by atoms with van der Waals surface area (Å²) in [5.74, 6) is -0.704. The second-order valence-corrected chi connectivity index (χ2v) is 5.96. The minimum absolute atomic E-state index is 0.0541. The first kappa shape index (κ1) is 22.2. The molecule has 0 aliphatic rings. The zero-order valence-electron chi connectivity index (χ0n) is 15.2. The van der Waals surface area contributed by atoms with Crippen molar-refractivity contribution in [3.8, 4) is 0 Å². The summed E-state index contributed by atoms with van der Waals surface area (Å²) in [7, 11) is 0. The summed E-state index contributed by atoms with van der Waals surface area (Å²) in [4.78, 5) is 27.3. The lowest BCUT2D eigenvalue weighted by Gasteiger charge is -2.22. The summed E-state index contributed by atoms with van der Waals surface area (Å²) in [6.45, 7) is 19.0. The van der Waals surface area contributed by atoms with Gasteiger partial charge in [0.05, 0.1) is 0 Å². The Balaban J connectivity index is 5.36. The summed E-state index contributed by atoms with van der Waals surface area (Å²) in [5.41, 5.74) is 0. The van der Waals surface area contributed by atoms with Crippen LogP contribution in [0.5, 0.6) is 0 Å². The van der Waals surface area contributed by atoms with Crippen molar-refractivity contribution in [1.82, 2.24) is 0 Å². The largest absolute Gasteiger partial charge is 0.329 e. The van der Waals surface area contributed by atoms with Gasteiger partial charge < -0.3 is 0 Å². The van der Waals surface area contributed by atoms with Gasteiger partial charge >= 0.3 is 11.8 Å². The van der Waals surface area contributed by atoms with E-state index in [-0.39, 0.29) is 11.8 Å². The maximum absolute atomic E-state index is 13.0. The molecule has 0 aliphatic carbocycles. The molecule has 4 heteroatoms. The number of hydrogen-bond donors (Lipinski definition) is 2. The number of nitrogens with one attached hydrogen (secondary N) is 2. The van der Waals surface area contributed by atoms with Crippen molar-refractivity contribution in [1.29, 1.82) is 0 Å². The first-order chi connectivity index (χ1) is 11.6. The highest BCUT2D eigenvalue weighted by atomic mass is 16.2. The van der Waals surface area contributed by atoms with Gasteiger partial charge in [-0.15, -0.1) is 0 Å². The summed E-state index contributed by atoms with van der Waals surface area (Å²) in [5, 5.41) is 0. The fraction of sp³-hybridized carbons (Fsp3) is 0.500. The van der Waals surface area contributed by atoms with E-state index in [2.05, 4.69) is 33.2 Å². The topological polar surface area (TPSA) is 43.0 Å². The second-order valence-electron chi connectivity index (χ2n) is 5.96. The Hall–Kier alpha value is -1.78. The molecule has 0 aromatic rings. The predicted octanol–water partition coefficient (Wildman–Crippen LogP) is 0.750. The highest BCUT2D eigenvalue weighted by molar-refractivity contribution is 5.92. The van der Waals surface area contributed by atoms with E-state index in [0.29, 0.717) is 42.4 Å². The normalized spacial score (nSPS) is 10.8. The molecule has 4 nitrogen and oxygen atoms in total. The van der Waals surface area contributed by atoms with Crippen LogP contribution in [0.15, 0.2) is 50.6 Å². The number of carbonyl (C=O) groups excluding carboxylic acids is 2. The van der Waals surface area contributed by atoms with Crippen LogP contribution in [-0.4, -0.2) is 38.0 Å². The SMILES string of the molecule is C=CC[NH+](CC=C)C(=O)C(CCCCC)C(=O)[NH+](CC=C)CC=C. The highest BCUT2D eigenvalue weighted by Crippen LogP contribution is 2.09. The summed E-state index contributed by atoms with van der Waals surface area (Å²) >= 11 is 0. The molecule has 2 N–H and O–H groups in total. The molecule has 0 aromatic carbocycles. The Bertz CT molecular complexity index is 387. The third kappa shape index (κ3) is 7.66. The van der Waals surface area contributed by atoms with E-state index in [9.17, 15) is 9.59 Å². The molecule has 0 aromatic heterocycles. The average Bonchev–Trinajstić information content (AvgIpc) is 2.57. The number of hydrogen-bond acceptors (Lipinski definition) is 2. The van der Waals surface area contributed by atoms with Crippen LogP contribution < -0.4 is 9.80 Å². The molecule has 2 amide bonds. The molecule has 0 saturated carbocycles. The molecular formula is C20H34N2O2+2. The van der Waals surface area contributed by atoms with Gasteiger partial charge in [0, 0.05) is 0 Å². The highest BCUT2D eigenvalue weighted by Gasteiger charge is 2.39. The van der Waals surface area contributed by atoms with Crippen LogP contribution in [0.4, 0.5) is 0 Å². The van der Waals surface area contributed by atoms with Crippen LogP contribution in [-0.2, 0) is 9.59 Å². The fourth-order valence-electron chi connectivity index (χ4n) is 2.74. The first-order valence-corrected chi connectivity index (χ1v) is 8.78. The Morgan fingerprint density at radius 3 is 1.46 bits per heavy atom. The van der Waals surface area contributed by atoms with E-state index < -0.39 is 5.92 Å². The first-order valence-electron chi connectivity index (χ1n) is 8.78. The van der Waals surface area contributed by atoms with Gasteiger partial charge in [0.25, 0.3) is 0 Å². The number of carbonyl (C=O) groups is 2. The smallest absolute Gasteiger partial charge is 0.265 e. The zero-order chi connectivity index (χ0) is 18.4. The molecule has 0 fully saturated rings. The van der Waals surface area contributed by atoms with Crippen molar-refractivity contribution in [2.45, 2.75) is 32.6 Å². The lowest BCUT2D eigenvalue weighted by Crippen LogP contribution is -3.19. The van der Waals surface area contributed by atoms with Crippen LogP contribution in [0.3, 0.4) is 0 Å². The zero-order valence-corrected chi connectivity index (χ0v) is 15.2. The molecule has 24 heavy (non-hydrogen) atoms. The van der Waals surface area contributed by atoms with Crippen LogP contribution in [0.1, 0.15) is 32.6 Å². The average molecular weight is 335 g/mol. The molecule has 0 rings (SSSR count). The van der Waals surface area contributed by atoms with Crippen molar-refractivity contribution in [3.05, 3.63) is 50.6 Å². The molecular weight excluding hydrogens is 300 g/mol. The fourth-order valence-corrected chi connectivity index (χ4v) is 2.74. The van der Waals surface area contributed by atoms with Crippen LogP contribution in [0.25, 0.3) is 0 Å². The van der Waals surface area contributed by atoms with Gasteiger partial charge in [0.1, 0.15) is 26.2 Å². The molecule has 134 valence electrons. The van der Waals surface area contributed by atoms with Gasteiger partial charge in [-0.25, -0.2) is 9.59 Å². The Morgan fingerprint density at radius 1 is 0.792 bits per heavy atom. The van der Waals surface area contributed by atoms with Crippen molar-refractivity contribution in [3.63, 3.8) is 0 Å². The Kier molecular flexibility index (Phi) is 12.6. The lowest BCUT2D eigenvalue weighted by atomic mass is 9.97. The number of quaternary nitrogens is 2. The van der Waals surface area contributed by atoms with Crippen LogP contribution in [0.2, 0.25) is 0 Å². The van der Waals surface area contributed by atoms with E-state index >= 15 is 0 Å². The minimum Gasteiger partial charge on any atom is -0.265 e. The Labute approximate surface area is 147 Å². The minimum atomic E-state index is -0.596. The van der Waals surface area contributed by atoms with Crippen LogP contribution >= 0.6 is 0 Å². The van der Waals surface area contributed by atoms with Gasteiger partial charge in [0.15, 0.2) is 5.92 Å². The number of unbranched alkanes of at least 4 members (excludes halogenated alkanes) is 2. The molecule has 0 heterocycles. The van der Waals surface area contributed by atoms with Gasteiger partial charge in [-0.1, -0.05) is 52.5 Å². The van der Waals surface area contributed by atoms with Crippen molar-refractivity contribution >= 4 is 11.8 Å². The van der Waals surface area contributed by atoms with E-state index in [4.69, 9.17) is 0 Å². The van der Waals surface area contributed by atoms with E-state index in [1.165, 1.54) is 0 Å². The molecule has 0 atom stereocenters. The molecule has 0 radical (unpaired) electrons. The second kappa shape index (κ2) is 13.6. The third-order valence-electron chi connectivity index (χ3n) is 3.99. The maximum atomic E-state index is 13.0. The van der Waals surface area contributed by atoms with Crippen LogP contribution in [0, 0.1) is 5.92 Å². The van der Waals surface area contributed by atoms with Gasteiger partial charge in [-0.05, 0) is 30.7 Å². The third-order valence-corrected chi connectivity index (χ3v) is 3.99. The van der Waals surface area contributed by atoms with Gasteiger partial charge in [-0.2, -0.15) is 0 Å². The van der Waals surface area contributed by atoms with E-state index in [1.807, 2.05) is 0 Å². The number of rotatable bonds is 14. The molecule has 0 spiro atoms. The molecule has 0 bridgehead atoms. The number of amides is 2. The standard InChI is InChI=1S/C20H32N2O2/c1-6-11-12-13-18(19(23)21(14-7-2)15-8-3)20(24)22(16-9-4)17-10-5/h7-10,18H,2-6,11-17H2,1H3/p+2. The summed E-state index contributed by atoms with van der Waals surface area (Å²) in [6.07, 6.45) is 10.4. The molecule has 0 unspecified atom stereocenters. The monoisotopic (exact) mass is 334 g/mol. The Morgan fingerprint density at radius 2 is 1.17 bits per heavy atom. The predicted molar refractivity (Wildman–Crippen MR) is 99.8 cm³/mol. The summed E-state index contributed by atoms with van der Waals surface area (Å²) in [6, 6.07) is 0. The molecule has 0 aliphatic heterocycles.